The van der Waals surface area contributed by atoms with E-state index in [1.165, 1.54) is 12.8 Å². The van der Waals surface area contributed by atoms with Crippen LogP contribution in [0, 0.1) is 5.92 Å². The maximum Gasteiger partial charge on any atom is 0.0622 e. The normalized spacial score (nSPS) is 14.1. The van der Waals surface area contributed by atoms with E-state index in [1.807, 2.05) is 0 Å². The molecule has 0 aromatic carbocycles. The van der Waals surface area contributed by atoms with Gasteiger partial charge in [0.25, 0.3) is 0 Å². The molecule has 0 aliphatic carbocycles. The second-order valence-electron chi connectivity index (χ2n) is 4.97. The molecule has 1 atom stereocenters. The van der Waals surface area contributed by atoms with E-state index >= 15 is 0 Å². The summed E-state index contributed by atoms with van der Waals surface area (Å²) in [6.07, 6.45) is 3.56. The summed E-state index contributed by atoms with van der Waals surface area (Å²) < 4.78 is 10.4. The lowest BCUT2D eigenvalue weighted by Crippen LogP contribution is -2.28. The van der Waals surface area contributed by atoms with Crippen molar-refractivity contribution in [1.29, 1.82) is 0 Å². The minimum Gasteiger partial charge on any atom is -0.383 e. The lowest BCUT2D eigenvalue weighted by atomic mass is 9.93. The Morgan fingerprint density at radius 2 is 1.94 bits per heavy atom. The first-order chi connectivity index (χ1) is 7.55. The van der Waals surface area contributed by atoms with Crippen LogP contribution >= 0.6 is 0 Å². The van der Waals surface area contributed by atoms with Crippen molar-refractivity contribution >= 4 is 0 Å². The highest BCUT2D eigenvalue weighted by atomic mass is 16.5. The van der Waals surface area contributed by atoms with Crippen LogP contribution in [0.1, 0.15) is 40.0 Å². The number of ether oxygens (including phenoxy) is 2. The Morgan fingerprint density at radius 3 is 2.44 bits per heavy atom. The molecule has 0 amide bonds. The third kappa shape index (κ3) is 8.08. The van der Waals surface area contributed by atoms with Crippen molar-refractivity contribution in [3.8, 4) is 0 Å². The Kier molecular flexibility index (Phi) is 8.90. The van der Waals surface area contributed by atoms with E-state index in [9.17, 15) is 0 Å². The van der Waals surface area contributed by atoms with Crippen molar-refractivity contribution in [2.45, 2.75) is 45.6 Å². The summed E-state index contributed by atoms with van der Waals surface area (Å²) in [5.41, 5.74) is 0.0138. The quantitative estimate of drug-likeness (QED) is 0.586. The Labute approximate surface area is 101 Å². The molecule has 0 radical (unpaired) electrons. The monoisotopic (exact) mass is 231 g/mol. The zero-order valence-corrected chi connectivity index (χ0v) is 11.6. The van der Waals surface area contributed by atoms with Crippen molar-refractivity contribution in [3.05, 3.63) is 0 Å². The van der Waals surface area contributed by atoms with Crippen LogP contribution in [0.3, 0.4) is 0 Å². The molecule has 3 heteroatoms. The largest absolute Gasteiger partial charge is 0.383 e. The third-order valence-corrected chi connectivity index (χ3v) is 3.20. The molecule has 0 spiro atoms. The number of rotatable bonds is 10. The van der Waals surface area contributed by atoms with Gasteiger partial charge in [-0.05, 0) is 39.2 Å². The lowest BCUT2D eigenvalue weighted by Gasteiger charge is -2.25. The number of hydrogen-bond donors (Lipinski definition) is 1. The van der Waals surface area contributed by atoms with Gasteiger partial charge in [0.2, 0.25) is 0 Å². The predicted molar refractivity (Wildman–Crippen MR) is 68.8 cm³/mol. The number of hydrogen-bond acceptors (Lipinski definition) is 3. The van der Waals surface area contributed by atoms with Crippen LogP contribution in [0.5, 0.6) is 0 Å². The Bertz CT molecular complexity index is 160. The Morgan fingerprint density at radius 1 is 1.25 bits per heavy atom. The highest BCUT2D eigenvalue weighted by molar-refractivity contribution is 4.71. The lowest BCUT2D eigenvalue weighted by molar-refractivity contribution is 0.0102. The molecule has 3 nitrogen and oxygen atoms in total. The summed E-state index contributed by atoms with van der Waals surface area (Å²) in [7, 11) is 3.53. The van der Waals surface area contributed by atoms with Gasteiger partial charge in [-0.3, -0.25) is 0 Å². The second-order valence-corrected chi connectivity index (χ2v) is 4.97. The van der Waals surface area contributed by atoms with Gasteiger partial charge in [0.15, 0.2) is 0 Å². The van der Waals surface area contributed by atoms with Gasteiger partial charge in [-0.15, -0.1) is 0 Å². The first kappa shape index (κ1) is 15.9. The maximum atomic E-state index is 5.44. The fourth-order valence-electron chi connectivity index (χ4n) is 1.58. The molecule has 0 aliphatic heterocycles. The first-order valence-electron chi connectivity index (χ1n) is 6.30. The van der Waals surface area contributed by atoms with Crippen LogP contribution < -0.4 is 5.32 Å². The summed E-state index contributed by atoms with van der Waals surface area (Å²) in [5.74, 6) is 0.742. The van der Waals surface area contributed by atoms with Gasteiger partial charge in [0, 0.05) is 20.8 Å². The highest BCUT2D eigenvalue weighted by Crippen LogP contribution is 2.20. The molecule has 0 fully saturated rings. The van der Waals surface area contributed by atoms with Gasteiger partial charge in [-0.2, -0.15) is 0 Å². The van der Waals surface area contributed by atoms with Crippen LogP contribution in [0.15, 0.2) is 0 Å². The molecule has 16 heavy (non-hydrogen) atoms. The van der Waals surface area contributed by atoms with Gasteiger partial charge in [0.05, 0.1) is 12.2 Å². The molecule has 98 valence electrons. The van der Waals surface area contributed by atoms with Gasteiger partial charge in [0.1, 0.15) is 0 Å². The van der Waals surface area contributed by atoms with Crippen molar-refractivity contribution < 1.29 is 9.47 Å². The molecule has 0 aromatic rings. The Balaban J connectivity index is 3.66. The Hall–Kier alpha value is -0.120. The van der Waals surface area contributed by atoms with Crippen molar-refractivity contribution in [2.24, 2.45) is 5.92 Å². The van der Waals surface area contributed by atoms with Crippen molar-refractivity contribution in [1.82, 2.24) is 5.32 Å². The molecule has 0 rings (SSSR count). The first-order valence-corrected chi connectivity index (χ1v) is 6.30. The van der Waals surface area contributed by atoms with Crippen LogP contribution in [0.2, 0.25) is 0 Å². The SMILES string of the molecule is CCC(CCC(C)(C)OC)CNCCOC. The van der Waals surface area contributed by atoms with Crippen LogP contribution in [-0.2, 0) is 9.47 Å². The molecule has 0 saturated heterocycles. The smallest absolute Gasteiger partial charge is 0.0622 e. The number of nitrogens with one attached hydrogen (secondary N) is 1. The van der Waals surface area contributed by atoms with Crippen molar-refractivity contribution in [2.75, 3.05) is 33.9 Å². The van der Waals surface area contributed by atoms with Gasteiger partial charge < -0.3 is 14.8 Å². The molecule has 1 N–H and O–H groups in total. The van der Waals surface area contributed by atoms with E-state index in [0.717, 1.165) is 32.0 Å². The fourth-order valence-corrected chi connectivity index (χ4v) is 1.58. The minimum atomic E-state index is 0.0138. The highest BCUT2D eigenvalue weighted by Gasteiger charge is 2.18. The molecular weight excluding hydrogens is 202 g/mol. The predicted octanol–water partition coefficient (Wildman–Crippen LogP) is 2.45. The maximum absolute atomic E-state index is 5.44. The van der Waals surface area contributed by atoms with Gasteiger partial charge in [-0.25, -0.2) is 0 Å². The fraction of sp³-hybridized carbons (Fsp3) is 1.00. The minimum absolute atomic E-state index is 0.0138. The third-order valence-electron chi connectivity index (χ3n) is 3.20. The molecule has 0 aromatic heterocycles. The summed E-state index contributed by atoms with van der Waals surface area (Å²) in [4.78, 5) is 0. The molecule has 0 heterocycles. The molecule has 0 aliphatic rings. The van der Waals surface area contributed by atoms with Crippen molar-refractivity contribution in [3.63, 3.8) is 0 Å². The summed E-state index contributed by atoms with van der Waals surface area (Å²) >= 11 is 0. The zero-order chi connectivity index (χ0) is 12.4. The topological polar surface area (TPSA) is 30.5 Å². The molecule has 0 saturated carbocycles. The number of methoxy groups -OCH3 is 2. The van der Waals surface area contributed by atoms with Crippen LogP contribution in [0.25, 0.3) is 0 Å². The van der Waals surface area contributed by atoms with Crippen LogP contribution in [-0.4, -0.2) is 39.5 Å². The average Bonchev–Trinajstić information content (AvgIpc) is 2.28. The summed E-state index contributed by atoms with van der Waals surface area (Å²) in [5, 5.41) is 3.43. The van der Waals surface area contributed by atoms with E-state index < -0.39 is 0 Å². The van der Waals surface area contributed by atoms with Crippen LogP contribution in [0.4, 0.5) is 0 Å². The van der Waals surface area contributed by atoms with E-state index in [1.54, 1.807) is 14.2 Å². The molecule has 1 unspecified atom stereocenters. The van der Waals surface area contributed by atoms with Gasteiger partial charge in [-0.1, -0.05) is 13.3 Å². The molecule has 0 bridgehead atoms. The standard InChI is InChI=1S/C13H29NO2/c1-6-12(11-14-9-10-15-4)7-8-13(2,3)16-5/h12,14H,6-11H2,1-5H3. The zero-order valence-electron chi connectivity index (χ0n) is 11.6. The molecular formula is C13H29NO2. The summed E-state index contributed by atoms with van der Waals surface area (Å²) in [6.45, 7) is 9.37. The summed E-state index contributed by atoms with van der Waals surface area (Å²) in [6, 6.07) is 0. The van der Waals surface area contributed by atoms with E-state index in [4.69, 9.17) is 9.47 Å². The van der Waals surface area contributed by atoms with E-state index in [-0.39, 0.29) is 5.60 Å². The van der Waals surface area contributed by atoms with E-state index in [2.05, 4.69) is 26.1 Å². The van der Waals surface area contributed by atoms with E-state index in [0.29, 0.717) is 0 Å². The average molecular weight is 231 g/mol. The second kappa shape index (κ2) is 8.97. The van der Waals surface area contributed by atoms with Gasteiger partial charge >= 0.3 is 0 Å².